The van der Waals surface area contributed by atoms with Gasteiger partial charge in [0.25, 0.3) is 0 Å². The Morgan fingerprint density at radius 1 is 1.06 bits per heavy atom. The summed E-state index contributed by atoms with van der Waals surface area (Å²) in [5.74, 6) is -1.10. The number of nitrogens with zero attached hydrogens (tertiary/aromatic N) is 1. The summed E-state index contributed by atoms with van der Waals surface area (Å²) in [6.07, 6.45) is 1.71. The van der Waals surface area contributed by atoms with Gasteiger partial charge in [0.1, 0.15) is 17.6 Å². The molecule has 0 unspecified atom stereocenters. The Hall–Kier alpha value is -3.50. The second-order valence-corrected chi connectivity index (χ2v) is 9.37. The van der Waals surface area contributed by atoms with Crippen LogP contribution in [0.2, 0.25) is 0 Å². The molecule has 1 heterocycles. The molecule has 8 nitrogen and oxygen atoms in total. The van der Waals surface area contributed by atoms with Gasteiger partial charge in [0.05, 0.1) is 24.2 Å². The van der Waals surface area contributed by atoms with Gasteiger partial charge in [-0.15, -0.1) is 0 Å². The van der Waals surface area contributed by atoms with Crippen LogP contribution in [0.5, 0.6) is 0 Å². The van der Waals surface area contributed by atoms with Crippen LogP contribution in [0, 0.1) is 12.7 Å². The molecule has 0 aliphatic heterocycles. The Bertz CT molecular complexity index is 1210. The van der Waals surface area contributed by atoms with E-state index >= 15 is 0 Å². The lowest BCUT2D eigenvalue weighted by atomic mass is 10.1. The second-order valence-electron chi connectivity index (χ2n) is 7.60. The quantitative estimate of drug-likeness (QED) is 0.457. The summed E-state index contributed by atoms with van der Waals surface area (Å²) < 4.78 is 46.3. The van der Waals surface area contributed by atoms with E-state index in [1.165, 1.54) is 47.6 Å². The van der Waals surface area contributed by atoms with E-state index in [2.05, 4.69) is 10.0 Å². The number of amides is 2. The van der Waals surface area contributed by atoms with Gasteiger partial charge < -0.3 is 9.73 Å². The number of carbonyl (C=O) groups excluding carboxylic acids is 2. The first kappa shape index (κ1) is 25.1. The average molecular weight is 488 g/mol. The molecule has 1 atom stereocenters. The lowest BCUT2D eigenvalue weighted by Crippen LogP contribution is -2.52. The fourth-order valence-electron chi connectivity index (χ4n) is 3.33. The van der Waals surface area contributed by atoms with Crippen molar-refractivity contribution in [1.29, 1.82) is 0 Å². The van der Waals surface area contributed by atoms with E-state index in [0.717, 1.165) is 5.56 Å². The van der Waals surface area contributed by atoms with Crippen molar-refractivity contribution in [3.8, 4) is 0 Å². The van der Waals surface area contributed by atoms with E-state index in [9.17, 15) is 22.4 Å². The van der Waals surface area contributed by atoms with Crippen LogP contribution in [0.15, 0.2) is 76.2 Å². The molecule has 1 aromatic heterocycles. The number of carbonyl (C=O) groups is 2. The number of halogens is 1. The number of anilines is 1. The maximum absolute atomic E-state index is 13.5. The first-order chi connectivity index (χ1) is 16.2. The van der Waals surface area contributed by atoms with Gasteiger partial charge >= 0.3 is 0 Å². The molecule has 3 aromatic rings. The number of sulfonamides is 1. The first-order valence-electron chi connectivity index (χ1n) is 10.7. The normalized spacial score (nSPS) is 12.2. The summed E-state index contributed by atoms with van der Waals surface area (Å²) in [5, 5.41) is 2.72. The van der Waals surface area contributed by atoms with Gasteiger partial charge in [-0.25, -0.2) is 17.5 Å². The molecule has 0 saturated carbocycles. The summed E-state index contributed by atoms with van der Waals surface area (Å²) >= 11 is 0. The van der Waals surface area contributed by atoms with Crippen molar-refractivity contribution in [3.05, 3.63) is 84.1 Å². The number of nitrogens with one attached hydrogen (secondary N) is 2. The molecule has 10 heteroatoms. The topological polar surface area (TPSA) is 109 Å². The highest BCUT2D eigenvalue weighted by atomic mass is 32.2. The Kier molecular flexibility index (Phi) is 8.19. The van der Waals surface area contributed by atoms with Gasteiger partial charge in [-0.1, -0.05) is 24.6 Å². The van der Waals surface area contributed by atoms with Crippen LogP contribution in [-0.4, -0.2) is 32.8 Å². The monoisotopic (exact) mass is 487 g/mol. The minimum Gasteiger partial charge on any atom is -0.467 e. The number of furan rings is 1. The van der Waals surface area contributed by atoms with Crippen LogP contribution in [-0.2, 0) is 26.2 Å². The van der Waals surface area contributed by atoms with E-state index in [4.69, 9.17) is 4.42 Å². The number of hydrogen-bond donors (Lipinski definition) is 2. The molecule has 0 saturated heterocycles. The van der Waals surface area contributed by atoms with Gasteiger partial charge in [-0.2, -0.15) is 0 Å². The number of rotatable bonds is 10. The first-order valence-corrected chi connectivity index (χ1v) is 12.1. The summed E-state index contributed by atoms with van der Waals surface area (Å²) in [6.45, 7) is 3.08. The van der Waals surface area contributed by atoms with Gasteiger partial charge in [-0.05, 0) is 61.9 Å². The fourth-order valence-corrected chi connectivity index (χ4v) is 4.31. The SMILES string of the molecule is CC[C@@H](C(=O)NCc1ccco1)N(C(=O)CNS(=O)(=O)c1ccc(C)cc1)c1ccc(F)cc1. The standard InChI is InChI=1S/C24H26FN3O5S/c1-3-22(24(30)26-15-20-5-4-14-33-20)28(19-10-8-18(25)9-11-19)23(29)16-27-34(31,32)21-12-6-17(2)7-13-21/h4-14,22,27H,3,15-16H2,1-2H3,(H,26,30)/t22-/m0/s1. The summed E-state index contributed by atoms with van der Waals surface area (Å²) in [6, 6.07) is 13.7. The Balaban J connectivity index is 1.81. The molecular weight excluding hydrogens is 461 g/mol. The van der Waals surface area contributed by atoms with Crippen LogP contribution < -0.4 is 14.9 Å². The van der Waals surface area contributed by atoms with E-state index in [0.29, 0.717) is 5.76 Å². The highest BCUT2D eigenvalue weighted by Gasteiger charge is 2.30. The van der Waals surface area contributed by atoms with E-state index < -0.39 is 40.2 Å². The predicted octanol–water partition coefficient (Wildman–Crippen LogP) is 3.13. The smallest absolute Gasteiger partial charge is 0.243 e. The van der Waals surface area contributed by atoms with Crippen molar-refractivity contribution >= 4 is 27.5 Å². The van der Waals surface area contributed by atoms with Crippen LogP contribution in [0.1, 0.15) is 24.7 Å². The van der Waals surface area contributed by atoms with Crippen LogP contribution in [0.25, 0.3) is 0 Å². The summed E-state index contributed by atoms with van der Waals surface area (Å²) in [4.78, 5) is 27.3. The minimum absolute atomic E-state index is 0.0162. The zero-order valence-corrected chi connectivity index (χ0v) is 19.6. The highest BCUT2D eigenvalue weighted by Crippen LogP contribution is 2.20. The lowest BCUT2D eigenvalue weighted by Gasteiger charge is -2.30. The lowest BCUT2D eigenvalue weighted by molar-refractivity contribution is -0.126. The molecule has 2 aromatic carbocycles. The Morgan fingerprint density at radius 2 is 1.74 bits per heavy atom. The van der Waals surface area contributed by atoms with Gasteiger partial charge in [0, 0.05) is 5.69 Å². The third kappa shape index (κ3) is 6.30. The Labute approximate surface area is 197 Å². The Morgan fingerprint density at radius 3 is 2.32 bits per heavy atom. The van der Waals surface area contributed by atoms with Crippen molar-refractivity contribution in [3.63, 3.8) is 0 Å². The van der Waals surface area contributed by atoms with Crippen molar-refractivity contribution in [2.45, 2.75) is 37.8 Å². The van der Waals surface area contributed by atoms with E-state index in [1.807, 2.05) is 6.92 Å². The van der Waals surface area contributed by atoms with Crippen molar-refractivity contribution in [2.75, 3.05) is 11.4 Å². The van der Waals surface area contributed by atoms with Crippen LogP contribution in [0.3, 0.4) is 0 Å². The molecule has 3 rings (SSSR count). The molecular formula is C24H26FN3O5S. The molecule has 0 bridgehead atoms. The molecule has 0 aliphatic carbocycles. The van der Waals surface area contributed by atoms with E-state index in [1.54, 1.807) is 31.2 Å². The average Bonchev–Trinajstić information content (AvgIpc) is 3.34. The molecule has 34 heavy (non-hydrogen) atoms. The number of benzene rings is 2. The summed E-state index contributed by atoms with van der Waals surface area (Å²) in [5.41, 5.74) is 1.16. The molecule has 180 valence electrons. The highest BCUT2D eigenvalue weighted by molar-refractivity contribution is 7.89. The number of hydrogen-bond acceptors (Lipinski definition) is 5. The van der Waals surface area contributed by atoms with Gasteiger partial charge in [0.15, 0.2) is 0 Å². The van der Waals surface area contributed by atoms with Crippen molar-refractivity contribution in [2.24, 2.45) is 0 Å². The van der Waals surface area contributed by atoms with Gasteiger partial charge in [-0.3, -0.25) is 14.5 Å². The van der Waals surface area contributed by atoms with Gasteiger partial charge in [0.2, 0.25) is 21.8 Å². The molecule has 2 N–H and O–H groups in total. The molecule has 0 spiro atoms. The maximum atomic E-state index is 13.5. The molecule has 0 fully saturated rings. The zero-order valence-electron chi connectivity index (χ0n) is 18.8. The fraction of sp³-hybridized carbons (Fsp3) is 0.250. The predicted molar refractivity (Wildman–Crippen MR) is 125 cm³/mol. The van der Waals surface area contributed by atoms with Crippen LogP contribution in [0.4, 0.5) is 10.1 Å². The van der Waals surface area contributed by atoms with Crippen LogP contribution >= 0.6 is 0 Å². The molecule has 0 aliphatic rings. The van der Waals surface area contributed by atoms with E-state index in [-0.39, 0.29) is 23.5 Å². The second kappa shape index (κ2) is 11.1. The maximum Gasteiger partial charge on any atom is 0.243 e. The molecule has 2 amide bonds. The van der Waals surface area contributed by atoms with Crippen molar-refractivity contribution < 1.29 is 26.8 Å². The number of aryl methyl sites for hydroxylation is 1. The third-order valence-electron chi connectivity index (χ3n) is 5.14. The summed E-state index contributed by atoms with van der Waals surface area (Å²) in [7, 11) is -3.96. The molecule has 0 radical (unpaired) electrons. The third-order valence-corrected chi connectivity index (χ3v) is 6.55. The largest absolute Gasteiger partial charge is 0.467 e. The minimum atomic E-state index is -3.96. The zero-order chi connectivity index (χ0) is 24.7. The van der Waals surface area contributed by atoms with Crippen molar-refractivity contribution in [1.82, 2.24) is 10.0 Å².